The van der Waals surface area contributed by atoms with E-state index in [2.05, 4.69) is 67.5 Å². The average Bonchev–Trinajstić information content (AvgIpc) is 3.04. The van der Waals surface area contributed by atoms with E-state index in [4.69, 9.17) is 0 Å². The second kappa shape index (κ2) is 8.45. The van der Waals surface area contributed by atoms with Crippen LogP contribution in [0.4, 0.5) is 0 Å². The summed E-state index contributed by atoms with van der Waals surface area (Å²) in [6, 6.07) is 8.57. The van der Waals surface area contributed by atoms with Gasteiger partial charge in [0.1, 0.15) is 5.51 Å². The van der Waals surface area contributed by atoms with Crippen LogP contribution in [0.5, 0.6) is 0 Å². The second-order valence-corrected chi connectivity index (χ2v) is 8.16. The number of thioether (sulfide) groups is 1. The van der Waals surface area contributed by atoms with Gasteiger partial charge in [0.2, 0.25) is 5.91 Å². The minimum Gasteiger partial charge on any atom is -0.348 e. The number of hydrogen-bond acceptors (Lipinski definition) is 5. The molecule has 4 nitrogen and oxygen atoms in total. The summed E-state index contributed by atoms with van der Waals surface area (Å²) in [5.74, 6) is 1.23. The molecule has 1 amide bonds. The lowest BCUT2D eigenvalue weighted by Crippen LogP contribution is -2.33. The van der Waals surface area contributed by atoms with Gasteiger partial charge in [-0.1, -0.05) is 75.1 Å². The van der Waals surface area contributed by atoms with Crippen LogP contribution in [0.2, 0.25) is 0 Å². The van der Waals surface area contributed by atoms with Crippen LogP contribution < -0.4 is 5.32 Å². The molecule has 2 rings (SSSR count). The molecule has 2 aromatic rings. The molecule has 1 atom stereocenters. The highest BCUT2D eigenvalue weighted by Gasteiger charge is 2.18. The first-order valence-electron chi connectivity index (χ1n) is 7.75. The van der Waals surface area contributed by atoms with E-state index in [1.807, 2.05) is 0 Å². The third kappa shape index (κ3) is 5.32. The largest absolute Gasteiger partial charge is 0.348 e. The molecule has 0 saturated carbocycles. The summed E-state index contributed by atoms with van der Waals surface area (Å²) < 4.78 is 0.822. The fraction of sp³-hybridized carbons (Fsp3) is 0.471. The fourth-order valence-electron chi connectivity index (χ4n) is 2.29. The molecule has 23 heavy (non-hydrogen) atoms. The van der Waals surface area contributed by atoms with Crippen molar-refractivity contribution in [3.8, 4) is 0 Å². The van der Waals surface area contributed by atoms with Crippen LogP contribution in [0.25, 0.3) is 0 Å². The number of aromatic nitrogens is 2. The predicted molar refractivity (Wildman–Crippen MR) is 96.9 cm³/mol. The van der Waals surface area contributed by atoms with Crippen LogP contribution in [-0.2, 0) is 4.79 Å². The molecule has 0 aliphatic rings. The van der Waals surface area contributed by atoms with Crippen LogP contribution in [-0.4, -0.2) is 21.9 Å². The Labute approximate surface area is 146 Å². The van der Waals surface area contributed by atoms with Crippen LogP contribution >= 0.6 is 23.1 Å². The fourth-order valence-corrected chi connectivity index (χ4v) is 3.59. The van der Waals surface area contributed by atoms with E-state index in [1.165, 1.54) is 28.7 Å². The number of benzene rings is 1. The Balaban J connectivity index is 1.98. The van der Waals surface area contributed by atoms with Crippen molar-refractivity contribution in [1.29, 1.82) is 0 Å². The number of carbonyl (C=O) groups excluding carboxylic acids is 1. The molecule has 124 valence electrons. The van der Waals surface area contributed by atoms with Crippen LogP contribution in [0.3, 0.4) is 0 Å². The molecule has 0 aliphatic heterocycles. The van der Waals surface area contributed by atoms with Crippen molar-refractivity contribution in [2.45, 2.75) is 44.0 Å². The van der Waals surface area contributed by atoms with Gasteiger partial charge < -0.3 is 5.32 Å². The Morgan fingerprint density at radius 1 is 1.17 bits per heavy atom. The topological polar surface area (TPSA) is 54.9 Å². The van der Waals surface area contributed by atoms with Crippen LogP contribution in [0.1, 0.15) is 50.8 Å². The van der Waals surface area contributed by atoms with E-state index in [9.17, 15) is 4.79 Å². The SMILES string of the molecule is CC(C)c1ccc([C@@H](NC(=O)CSc2nncs2)C(C)C)cc1. The molecule has 0 bridgehead atoms. The summed E-state index contributed by atoms with van der Waals surface area (Å²) >= 11 is 2.87. The molecular weight excluding hydrogens is 326 g/mol. The van der Waals surface area contributed by atoms with Gasteiger partial charge in [-0.3, -0.25) is 4.79 Å². The van der Waals surface area contributed by atoms with Crippen molar-refractivity contribution in [3.63, 3.8) is 0 Å². The highest BCUT2D eigenvalue weighted by atomic mass is 32.2. The lowest BCUT2D eigenvalue weighted by molar-refractivity contribution is -0.119. The summed E-state index contributed by atoms with van der Waals surface area (Å²) in [5, 5.41) is 10.9. The molecule has 1 aromatic carbocycles. The van der Waals surface area contributed by atoms with Gasteiger partial charge in [-0.2, -0.15) is 0 Å². The first kappa shape index (κ1) is 17.9. The number of hydrogen-bond donors (Lipinski definition) is 1. The molecule has 1 aromatic heterocycles. The van der Waals surface area contributed by atoms with E-state index >= 15 is 0 Å². The lowest BCUT2D eigenvalue weighted by Gasteiger charge is -2.23. The predicted octanol–water partition coefficient (Wildman–Crippen LogP) is 4.27. The van der Waals surface area contributed by atoms with Crippen molar-refractivity contribution in [3.05, 3.63) is 40.9 Å². The van der Waals surface area contributed by atoms with Gasteiger partial charge >= 0.3 is 0 Å². The van der Waals surface area contributed by atoms with E-state index in [-0.39, 0.29) is 11.9 Å². The second-order valence-electron chi connectivity index (χ2n) is 6.10. The van der Waals surface area contributed by atoms with E-state index in [1.54, 1.807) is 5.51 Å². The third-order valence-corrected chi connectivity index (χ3v) is 5.47. The van der Waals surface area contributed by atoms with Crippen molar-refractivity contribution < 1.29 is 4.79 Å². The number of carbonyl (C=O) groups is 1. The van der Waals surface area contributed by atoms with Gasteiger partial charge in [0.05, 0.1) is 11.8 Å². The third-order valence-electron chi connectivity index (χ3n) is 3.61. The molecule has 0 spiro atoms. The molecule has 0 fully saturated rings. The van der Waals surface area contributed by atoms with Gasteiger partial charge in [-0.05, 0) is 23.0 Å². The van der Waals surface area contributed by atoms with Crippen molar-refractivity contribution in [2.24, 2.45) is 5.92 Å². The van der Waals surface area contributed by atoms with E-state index in [0.717, 1.165) is 9.90 Å². The van der Waals surface area contributed by atoms with Gasteiger partial charge in [0, 0.05) is 0 Å². The Kier molecular flexibility index (Phi) is 6.59. The average molecular weight is 350 g/mol. The highest BCUT2D eigenvalue weighted by Crippen LogP contribution is 2.25. The lowest BCUT2D eigenvalue weighted by atomic mass is 9.93. The first-order valence-corrected chi connectivity index (χ1v) is 9.62. The summed E-state index contributed by atoms with van der Waals surface area (Å²) in [6.07, 6.45) is 0. The summed E-state index contributed by atoms with van der Waals surface area (Å²) in [5.41, 5.74) is 4.14. The standard InChI is InChI=1S/C17H23N3OS2/c1-11(2)13-5-7-14(8-6-13)16(12(3)4)19-15(21)9-22-17-20-18-10-23-17/h5-8,10-12,16H,9H2,1-4H3,(H,19,21)/t16-/m0/s1. The van der Waals surface area contributed by atoms with Gasteiger partial charge in [0.25, 0.3) is 0 Å². The normalized spacial score (nSPS) is 12.6. The molecule has 6 heteroatoms. The van der Waals surface area contributed by atoms with Gasteiger partial charge in [-0.25, -0.2) is 0 Å². The minimum absolute atomic E-state index is 0.0248. The van der Waals surface area contributed by atoms with Crippen molar-refractivity contribution in [2.75, 3.05) is 5.75 Å². The molecule has 0 saturated heterocycles. The zero-order chi connectivity index (χ0) is 16.8. The molecule has 0 radical (unpaired) electrons. The molecular formula is C17H23N3OS2. The van der Waals surface area contributed by atoms with Crippen LogP contribution in [0, 0.1) is 5.92 Å². The first-order chi connectivity index (χ1) is 11.0. The summed E-state index contributed by atoms with van der Waals surface area (Å²) in [6.45, 7) is 8.61. The molecule has 1 N–H and O–H groups in total. The Hall–Kier alpha value is -1.40. The van der Waals surface area contributed by atoms with E-state index < -0.39 is 0 Å². The maximum absolute atomic E-state index is 12.2. The van der Waals surface area contributed by atoms with Crippen molar-refractivity contribution in [1.82, 2.24) is 15.5 Å². The molecule has 0 aliphatic carbocycles. The quantitative estimate of drug-likeness (QED) is 0.759. The summed E-state index contributed by atoms with van der Waals surface area (Å²) in [7, 11) is 0. The van der Waals surface area contributed by atoms with Gasteiger partial charge in [0.15, 0.2) is 4.34 Å². The maximum Gasteiger partial charge on any atom is 0.230 e. The number of nitrogens with zero attached hydrogens (tertiary/aromatic N) is 2. The minimum atomic E-state index is 0.0248. The smallest absolute Gasteiger partial charge is 0.230 e. The Bertz CT molecular complexity index is 609. The Morgan fingerprint density at radius 2 is 1.83 bits per heavy atom. The zero-order valence-corrected chi connectivity index (χ0v) is 15.6. The Morgan fingerprint density at radius 3 is 2.35 bits per heavy atom. The van der Waals surface area contributed by atoms with Crippen LogP contribution in [0.15, 0.2) is 34.1 Å². The summed E-state index contributed by atoms with van der Waals surface area (Å²) in [4.78, 5) is 12.2. The zero-order valence-electron chi connectivity index (χ0n) is 13.9. The molecule has 1 heterocycles. The number of nitrogens with one attached hydrogen (secondary N) is 1. The van der Waals surface area contributed by atoms with Gasteiger partial charge in [-0.15, -0.1) is 10.2 Å². The number of amides is 1. The number of rotatable bonds is 7. The molecule has 0 unspecified atom stereocenters. The van der Waals surface area contributed by atoms with Crippen molar-refractivity contribution >= 4 is 29.0 Å². The van der Waals surface area contributed by atoms with E-state index in [0.29, 0.717) is 17.6 Å². The maximum atomic E-state index is 12.2. The highest BCUT2D eigenvalue weighted by molar-refractivity contribution is 8.01. The monoisotopic (exact) mass is 349 g/mol.